The van der Waals surface area contributed by atoms with Crippen LogP contribution in [0, 0.1) is 0 Å². The highest BCUT2D eigenvalue weighted by atomic mass is 32.1. The molecule has 0 atom stereocenters. The molecule has 3 aromatic heterocycles. The second-order valence-electron chi connectivity index (χ2n) is 3.64. The Balaban J connectivity index is 2.16. The van der Waals surface area contributed by atoms with E-state index in [2.05, 4.69) is 20.4 Å². The fourth-order valence-electron chi connectivity index (χ4n) is 1.62. The fraction of sp³-hybridized carbons (Fsp3) is 0.0909. The molecule has 0 unspecified atom stereocenters. The Morgan fingerprint density at radius 1 is 1.44 bits per heavy atom. The summed E-state index contributed by atoms with van der Waals surface area (Å²) in [5.74, 6) is 0.521. The van der Waals surface area contributed by atoms with E-state index in [-0.39, 0.29) is 11.9 Å². The molecule has 3 aromatic rings. The number of aromatic nitrogens is 4. The third-order valence-electron chi connectivity index (χ3n) is 2.30. The molecular formula is C11H9N5OS. The van der Waals surface area contributed by atoms with Crippen molar-refractivity contribution in [3.8, 4) is 10.6 Å². The van der Waals surface area contributed by atoms with Gasteiger partial charge in [0.2, 0.25) is 5.91 Å². The Hall–Kier alpha value is -2.28. The largest absolute Gasteiger partial charge is 0.293 e. The molecule has 3 rings (SSSR count). The lowest BCUT2D eigenvalue weighted by Crippen LogP contribution is -2.07. The lowest BCUT2D eigenvalue weighted by Gasteiger charge is -1.99. The molecule has 7 heteroatoms. The van der Waals surface area contributed by atoms with Gasteiger partial charge in [-0.3, -0.25) is 10.1 Å². The van der Waals surface area contributed by atoms with Crippen LogP contribution >= 0.6 is 11.3 Å². The summed E-state index contributed by atoms with van der Waals surface area (Å²) >= 11 is 1.61. The zero-order valence-electron chi connectivity index (χ0n) is 9.49. The highest BCUT2D eigenvalue weighted by Gasteiger charge is 2.10. The number of carbonyl (C=O) groups excluding carboxylic acids is 1. The van der Waals surface area contributed by atoms with Crippen LogP contribution in [0.25, 0.3) is 16.3 Å². The Kier molecular flexibility index (Phi) is 2.52. The molecule has 1 N–H and O–H groups in total. The summed E-state index contributed by atoms with van der Waals surface area (Å²) in [5.41, 5.74) is 0.902. The van der Waals surface area contributed by atoms with Crippen LogP contribution < -0.4 is 5.32 Å². The first-order valence-electron chi connectivity index (χ1n) is 5.27. The Morgan fingerprint density at radius 2 is 2.33 bits per heavy atom. The first kappa shape index (κ1) is 10.8. The summed E-state index contributed by atoms with van der Waals surface area (Å²) in [7, 11) is 0. The first-order valence-corrected chi connectivity index (χ1v) is 6.15. The molecule has 0 aliphatic rings. The zero-order valence-corrected chi connectivity index (χ0v) is 10.3. The van der Waals surface area contributed by atoms with E-state index < -0.39 is 0 Å². The van der Waals surface area contributed by atoms with E-state index in [1.807, 2.05) is 23.6 Å². The molecule has 0 aromatic carbocycles. The van der Waals surface area contributed by atoms with Crippen molar-refractivity contribution in [3.05, 3.63) is 29.8 Å². The SMILES string of the molecule is CC(=O)Nc1nc2nccc(-c3cccs3)n2n1. The molecule has 0 fully saturated rings. The summed E-state index contributed by atoms with van der Waals surface area (Å²) < 4.78 is 1.62. The van der Waals surface area contributed by atoms with Crippen LogP contribution in [0.5, 0.6) is 0 Å². The molecule has 0 aliphatic carbocycles. The lowest BCUT2D eigenvalue weighted by molar-refractivity contribution is -0.114. The van der Waals surface area contributed by atoms with Gasteiger partial charge < -0.3 is 0 Å². The molecule has 0 saturated carbocycles. The number of fused-ring (bicyclic) bond motifs is 1. The monoisotopic (exact) mass is 259 g/mol. The van der Waals surface area contributed by atoms with Gasteiger partial charge in [0.05, 0.1) is 10.6 Å². The predicted molar refractivity (Wildman–Crippen MR) is 68.4 cm³/mol. The average molecular weight is 259 g/mol. The number of nitrogens with one attached hydrogen (secondary N) is 1. The summed E-state index contributed by atoms with van der Waals surface area (Å²) in [5, 5.41) is 8.77. The number of thiophene rings is 1. The summed E-state index contributed by atoms with van der Waals surface area (Å²) in [6.45, 7) is 1.42. The van der Waals surface area contributed by atoms with E-state index in [0.29, 0.717) is 5.78 Å². The maximum Gasteiger partial charge on any atom is 0.254 e. The topological polar surface area (TPSA) is 72.2 Å². The maximum atomic E-state index is 11.0. The summed E-state index contributed by atoms with van der Waals surface area (Å²) in [6, 6.07) is 5.84. The van der Waals surface area contributed by atoms with Crippen LogP contribution in [-0.2, 0) is 4.79 Å². The summed E-state index contributed by atoms with van der Waals surface area (Å²) in [4.78, 5) is 20.3. The van der Waals surface area contributed by atoms with Gasteiger partial charge in [0.1, 0.15) is 0 Å². The van der Waals surface area contributed by atoms with Crippen LogP contribution in [0.4, 0.5) is 5.95 Å². The third kappa shape index (κ3) is 1.84. The normalized spacial score (nSPS) is 10.7. The van der Waals surface area contributed by atoms with Crippen molar-refractivity contribution in [1.82, 2.24) is 19.6 Å². The van der Waals surface area contributed by atoms with Crippen LogP contribution in [0.1, 0.15) is 6.92 Å². The number of anilines is 1. The summed E-state index contributed by atoms with van der Waals surface area (Å²) in [6.07, 6.45) is 1.68. The van der Waals surface area contributed by atoms with Crippen LogP contribution in [0.2, 0.25) is 0 Å². The predicted octanol–water partition coefficient (Wildman–Crippen LogP) is 1.81. The van der Waals surface area contributed by atoms with Gasteiger partial charge in [-0.25, -0.2) is 4.98 Å². The minimum atomic E-state index is -0.205. The quantitative estimate of drug-likeness (QED) is 0.761. The second kappa shape index (κ2) is 4.19. The van der Waals surface area contributed by atoms with Crippen LogP contribution in [-0.4, -0.2) is 25.5 Å². The molecule has 0 aliphatic heterocycles. The van der Waals surface area contributed by atoms with Gasteiger partial charge in [-0.2, -0.15) is 9.50 Å². The van der Waals surface area contributed by atoms with Crippen molar-refractivity contribution in [2.75, 3.05) is 5.32 Å². The van der Waals surface area contributed by atoms with Crippen molar-refractivity contribution < 1.29 is 4.79 Å². The van der Waals surface area contributed by atoms with Gasteiger partial charge in [0.25, 0.3) is 11.7 Å². The van der Waals surface area contributed by atoms with Crippen LogP contribution in [0.15, 0.2) is 29.8 Å². The zero-order chi connectivity index (χ0) is 12.5. The molecule has 6 nitrogen and oxygen atoms in total. The molecule has 0 bridgehead atoms. The van der Waals surface area contributed by atoms with Gasteiger partial charge in [-0.15, -0.1) is 16.4 Å². The first-order chi connectivity index (χ1) is 8.74. The highest BCUT2D eigenvalue weighted by molar-refractivity contribution is 7.13. The van der Waals surface area contributed by atoms with E-state index >= 15 is 0 Å². The molecule has 18 heavy (non-hydrogen) atoms. The Bertz CT molecular complexity index is 703. The molecule has 0 radical (unpaired) electrons. The van der Waals surface area contributed by atoms with Crippen molar-refractivity contribution in [1.29, 1.82) is 0 Å². The number of rotatable bonds is 2. The van der Waals surface area contributed by atoms with Gasteiger partial charge in [-0.1, -0.05) is 6.07 Å². The molecule has 3 heterocycles. The van der Waals surface area contributed by atoms with E-state index in [1.54, 1.807) is 22.0 Å². The molecule has 0 spiro atoms. The highest BCUT2D eigenvalue weighted by Crippen LogP contribution is 2.24. The van der Waals surface area contributed by atoms with Gasteiger partial charge >= 0.3 is 0 Å². The minimum absolute atomic E-state index is 0.205. The number of hydrogen-bond donors (Lipinski definition) is 1. The average Bonchev–Trinajstić information content (AvgIpc) is 2.94. The maximum absolute atomic E-state index is 11.0. The van der Waals surface area contributed by atoms with E-state index in [0.717, 1.165) is 10.6 Å². The van der Waals surface area contributed by atoms with Gasteiger partial charge in [-0.05, 0) is 17.5 Å². The van der Waals surface area contributed by atoms with Gasteiger partial charge in [0, 0.05) is 13.1 Å². The number of nitrogens with zero attached hydrogens (tertiary/aromatic N) is 4. The van der Waals surface area contributed by atoms with Gasteiger partial charge in [0.15, 0.2) is 0 Å². The fourth-order valence-corrected chi connectivity index (χ4v) is 2.35. The van der Waals surface area contributed by atoms with Crippen molar-refractivity contribution in [3.63, 3.8) is 0 Å². The number of hydrogen-bond acceptors (Lipinski definition) is 5. The Morgan fingerprint density at radius 3 is 3.06 bits per heavy atom. The van der Waals surface area contributed by atoms with Crippen molar-refractivity contribution >= 4 is 29.0 Å². The molecule has 1 amide bonds. The third-order valence-corrected chi connectivity index (χ3v) is 3.19. The molecule has 0 saturated heterocycles. The number of amides is 1. The van der Waals surface area contributed by atoms with Crippen molar-refractivity contribution in [2.24, 2.45) is 0 Å². The van der Waals surface area contributed by atoms with E-state index in [9.17, 15) is 4.79 Å². The van der Waals surface area contributed by atoms with Crippen molar-refractivity contribution in [2.45, 2.75) is 6.92 Å². The molecule has 90 valence electrons. The molecular weight excluding hydrogens is 250 g/mol. The number of carbonyl (C=O) groups is 1. The standard InChI is InChI=1S/C11H9N5OS/c1-7(17)13-10-14-11-12-5-4-8(16(11)15-10)9-3-2-6-18-9/h2-6H,1H3,(H,13,15,17). The second-order valence-corrected chi connectivity index (χ2v) is 4.58. The van der Waals surface area contributed by atoms with E-state index in [4.69, 9.17) is 0 Å². The minimum Gasteiger partial charge on any atom is -0.293 e. The Labute approximate surface area is 106 Å². The van der Waals surface area contributed by atoms with E-state index in [1.165, 1.54) is 6.92 Å². The lowest BCUT2D eigenvalue weighted by atomic mass is 10.3. The van der Waals surface area contributed by atoms with Crippen LogP contribution in [0.3, 0.4) is 0 Å². The smallest absolute Gasteiger partial charge is 0.254 e.